The van der Waals surface area contributed by atoms with Crippen LogP contribution in [-0.4, -0.2) is 14.5 Å². The molecule has 0 fully saturated rings. The first-order chi connectivity index (χ1) is 11.2. The summed E-state index contributed by atoms with van der Waals surface area (Å²) in [5.74, 6) is 1.14. The molecule has 4 rings (SSSR count). The number of thiazole rings is 1. The Labute approximate surface area is 137 Å². The van der Waals surface area contributed by atoms with Gasteiger partial charge in [-0.2, -0.15) is 0 Å². The van der Waals surface area contributed by atoms with Gasteiger partial charge in [0.2, 0.25) is 0 Å². The van der Waals surface area contributed by atoms with Crippen molar-refractivity contribution >= 4 is 27.8 Å². The van der Waals surface area contributed by atoms with Crippen LogP contribution in [0.5, 0.6) is 5.75 Å². The molecule has 0 aliphatic heterocycles. The lowest BCUT2D eigenvalue weighted by Crippen LogP contribution is -1.97. The first-order valence-electron chi connectivity index (χ1n) is 7.30. The fraction of sp³-hybridized carbons (Fsp3) is 0.0556. The van der Waals surface area contributed by atoms with E-state index in [9.17, 15) is 5.11 Å². The lowest BCUT2D eigenvalue weighted by molar-refractivity contribution is 0.475. The van der Waals surface area contributed by atoms with Crippen molar-refractivity contribution in [2.24, 2.45) is 0 Å². The van der Waals surface area contributed by atoms with Crippen LogP contribution < -0.4 is 5.32 Å². The SMILES string of the molecule is Cc1ccccc1Nc1c(-c2cccc(O)c2)nc2sccn12. The van der Waals surface area contributed by atoms with Gasteiger partial charge in [-0.05, 0) is 30.7 Å². The minimum Gasteiger partial charge on any atom is -0.508 e. The van der Waals surface area contributed by atoms with Crippen LogP contribution in [0.2, 0.25) is 0 Å². The van der Waals surface area contributed by atoms with Crippen molar-refractivity contribution in [2.75, 3.05) is 5.32 Å². The van der Waals surface area contributed by atoms with Gasteiger partial charge in [-0.15, -0.1) is 11.3 Å². The topological polar surface area (TPSA) is 49.6 Å². The zero-order valence-electron chi connectivity index (χ0n) is 12.5. The first-order valence-corrected chi connectivity index (χ1v) is 8.18. The maximum absolute atomic E-state index is 9.77. The van der Waals surface area contributed by atoms with E-state index in [0.717, 1.165) is 27.7 Å². The van der Waals surface area contributed by atoms with E-state index in [1.807, 2.05) is 46.3 Å². The van der Waals surface area contributed by atoms with E-state index in [-0.39, 0.29) is 5.75 Å². The van der Waals surface area contributed by atoms with Crippen LogP contribution in [0.3, 0.4) is 0 Å². The number of rotatable bonds is 3. The Morgan fingerprint density at radius 3 is 2.83 bits per heavy atom. The summed E-state index contributed by atoms with van der Waals surface area (Å²) >= 11 is 1.59. The Morgan fingerprint density at radius 2 is 2.00 bits per heavy atom. The van der Waals surface area contributed by atoms with E-state index in [2.05, 4.69) is 18.3 Å². The van der Waals surface area contributed by atoms with Gasteiger partial charge in [0.15, 0.2) is 4.96 Å². The number of nitrogens with zero attached hydrogens (tertiary/aromatic N) is 2. The molecule has 4 aromatic rings. The average molecular weight is 321 g/mol. The monoisotopic (exact) mass is 321 g/mol. The van der Waals surface area contributed by atoms with Gasteiger partial charge in [0, 0.05) is 22.8 Å². The van der Waals surface area contributed by atoms with Crippen molar-refractivity contribution in [3.05, 3.63) is 65.7 Å². The highest BCUT2D eigenvalue weighted by molar-refractivity contribution is 7.15. The summed E-state index contributed by atoms with van der Waals surface area (Å²) in [5.41, 5.74) is 3.93. The molecule has 0 aliphatic carbocycles. The number of hydrogen-bond acceptors (Lipinski definition) is 4. The van der Waals surface area contributed by atoms with E-state index < -0.39 is 0 Å². The number of phenolic OH excluding ortho intramolecular Hbond substituents is 1. The van der Waals surface area contributed by atoms with E-state index in [1.54, 1.807) is 23.5 Å². The van der Waals surface area contributed by atoms with Crippen LogP contribution in [0.4, 0.5) is 11.5 Å². The second-order valence-electron chi connectivity index (χ2n) is 5.35. The standard InChI is InChI=1S/C18H15N3OS/c1-12-5-2-3-8-15(12)19-17-16(13-6-4-7-14(22)11-13)20-18-21(17)9-10-23-18/h2-11,19,22H,1H3. The molecule has 2 N–H and O–H groups in total. The molecule has 0 spiro atoms. The molecule has 5 heteroatoms. The van der Waals surface area contributed by atoms with Gasteiger partial charge in [0.1, 0.15) is 17.3 Å². The van der Waals surface area contributed by atoms with Crippen LogP contribution in [0, 0.1) is 6.92 Å². The van der Waals surface area contributed by atoms with E-state index in [0.29, 0.717) is 0 Å². The second-order valence-corrected chi connectivity index (χ2v) is 6.23. The van der Waals surface area contributed by atoms with Crippen molar-refractivity contribution in [1.29, 1.82) is 0 Å². The molecule has 0 saturated carbocycles. The smallest absolute Gasteiger partial charge is 0.195 e. The molecule has 0 saturated heterocycles. The maximum Gasteiger partial charge on any atom is 0.195 e. The molecule has 0 unspecified atom stereocenters. The number of nitrogens with one attached hydrogen (secondary N) is 1. The minimum absolute atomic E-state index is 0.237. The Morgan fingerprint density at radius 1 is 1.13 bits per heavy atom. The number of hydrogen-bond donors (Lipinski definition) is 2. The third kappa shape index (κ3) is 2.45. The molecule has 0 amide bonds. The van der Waals surface area contributed by atoms with Crippen LogP contribution in [0.1, 0.15) is 5.56 Å². The number of anilines is 2. The first kappa shape index (κ1) is 13.8. The molecular weight excluding hydrogens is 306 g/mol. The number of imidazole rings is 1. The average Bonchev–Trinajstić information content (AvgIpc) is 3.12. The van der Waals surface area contributed by atoms with Gasteiger partial charge in [-0.25, -0.2) is 4.98 Å². The van der Waals surface area contributed by atoms with Crippen LogP contribution in [-0.2, 0) is 0 Å². The zero-order valence-corrected chi connectivity index (χ0v) is 13.3. The van der Waals surface area contributed by atoms with Crippen LogP contribution >= 0.6 is 11.3 Å². The van der Waals surface area contributed by atoms with Crippen molar-refractivity contribution in [3.8, 4) is 17.0 Å². The lowest BCUT2D eigenvalue weighted by atomic mass is 10.1. The highest BCUT2D eigenvalue weighted by Gasteiger charge is 2.16. The highest BCUT2D eigenvalue weighted by Crippen LogP contribution is 2.34. The lowest BCUT2D eigenvalue weighted by Gasteiger charge is -2.10. The van der Waals surface area contributed by atoms with E-state index in [1.165, 1.54) is 5.56 Å². The summed E-state index contributed by atoms with van der Waals surface area (Å²) in [6, 6.07) is 15.3. The van der Waals surface area contributed by atoms with Gasteiger partial charge in [0.25, 0.3) is 0 Å². The van der Waals surface area contributed by atoms with Gasteiger partial charge in [0.05, 0.1) is 0 Å². The quantitative estimate of drug-likeness (QED) is 0.569. The van der Waals surface area contributed by atoms with Crippen molar-refractivity contribution in [2.45, 2.75) is 6.92 Å². The van der Waals surface area contributed by atoms with E-state index in [4.69, 9.17) is 4.98 Å². The molecular formula is C18H15N3OS. The molecule has 0 aliphatic rings. The summed E-state index contributed by atoms with van der Waals surface area (Å²) < 4.78 is 2.04. The molecule has 2 heterocycles. The number of aromatic hydroxyl groups is 1. The summed E-state index contributed by atoms with van der Waals surface area (Å²) in [6.07, 6.45) is 2.00. The Balaban J connectivity index is 1.89. The summed E-state index contributed by atoms with van der Waals surface area (Å²) in [4.78, 5) is 5.63. The molecule has 0 radical (unpaired) electrons. The minimum atomic E-state index is 0.237. The second kappa shape index (κ2) is 5.44. The third-order valence-corrected chi connectivity index (χ3v) is 4.54. The number of aryl methyl sites for hydroxylation is 1. The summed E-state index contributed by atoms with van der Waals surface area (Å²) in [6.45, 7) is 2.07. The third-order valence-electron chi connectivity index (χ3n) is 3.78. The van der Waals surface area contributed by atoms with Gasteiger partial charge >= 0.3 is 0 Å². The van der Waals surface area contributed by atoms with Crippen molar-refractivity contribution in [3.63, 3.8) is 0 Å². The van der Waals surface area contributed by atoms with Gasteiger partial charge < -0.3 is 10.4 Å². The molecule has 0 bridgehead atoms. The Hall–Kier alpha value is -2.79. The van der Waals surface area contributed by atoms with Gasteiger partial charge in [-0.3, -0.25) is 4.40 Å². The van der Waals surface area contributed by atoms with E-state index >= 15 is 0 Å². The summed E-state index contributed by atoms with van der Waals surface area (Å²) in [7, 11) is 0. The molecule has 2 aromatic carbocycles. The molecule has 4 nitrogen and oxygen atoms in total. The largest absolute Gasteiger partial charge is 0.508 e. The molecule has 2 aromatic heterocycles. The number of phenols is 1. The predicted molar refractivity (Wildman–Crippen MR) is 94.6 cm³/mol. The number of benzene rings is 2. The molecule has 114 valence electrons. The van der Waals surface area contributed by atoms with Crippen LogP contribution in [0.25, 0.3) is 16.2 Å². The summed E-state index contributed by atoms with van der Waals surface area (Å²) in [5, 5.41) is 15.3. The Bertz CT molecular complexity index is 987. The van der Waals surface area contributed by atoms with Gasteiger partial charge in [-0.1, -0.05) is 30.3 Å². The normalized spacial score (nSPS) is 11.0. The fourth-order valence-corrected chi connectivity index (χ4v) is 3.31. The highest BCUT2D eigenvalue weighted by atomic mass is 32.1. The molecule has 0 atom stereocenters. The fourth-order valence-electron chi connectivity index (χ4n) is 2.60. The number of aromatic nitrogens is 2. The zero-order chi connectivity index (χ0) is 15.8. The predicted octanol–water partition coefficient (Wildman–Crippen LogP) is 4.82. The number of fused-ring (bicyclic) bond motifs is 1. The Kier molecular flexibility index (Phi) is 3.28. The van der Waals surface area contributed by atoms with Crippen LogP contribution in [0.15, 0.2) is 60.1 Å². The molecule has 23 heavy (non-hydrogen) atoms. The number of para-hydroxylation sites is 1. The van der Waals surface area contributed by atoms with Crippen molar-refractivity contribution in [1.82, 2.24) is 9.38 Å². The van der Waals surface area contributed by atoms with Crippen molar-refractivity contribution < 1.29 is 5.11 Å². The maximum atomic E-state index is 9.77.